The zero-order valence-corrected chi connectivity index (χ0v) is 14.0. The predicted octanol–water partition coefficient (Wildman–Crippen LogP) is 1.51. The molecule has 2 heterocycles. The molecule has 1 aromatic rings. The maximum atomic E-state index is 12.7. The Labute approximate surface area is 132 Å². The van der Waals surface area contributed by atoms with Crippen LogP contribution in [0.5, 0.6) is 0 Å². The summed E-state index contributed by atoms with van der Waals surface area (Å²) in [6.07, 6.45) is 2.86. The highest BCUT2D eigenvalue weighted by Gasteiger charge is 2.43. The topological polar surface area (TPSA) is 69.8 Å². The van der Waals surface area contributed by atoms with Crippen molar-refractivity contribution in [2.24, 2.45) is 5.41 Å². The van der Waals surface area contributed by atoms with Gasteiger partial charge in [-0.05, 0) is 25.3 Å². The third-order valence-corrected chi connectivity index (χ3v) is 3.82. The summed E-state index contributed by atoms with van der Waals surface area (Å²) in [7, 11) is 1.88. The number of aromatic nitrogens is 1. The Morgan fingerprint density at radius 3 is 2.82 bits per heavy atom. The number of hydrogen-bond donors (Lipinski definition) is 1. The molecule has 1 aromatic heterocycles. The summed E-state index contributed by atoms with van der Waals surface area (Å²) >= 11 is 0. The van der Waals surface area contributed by atoms with Crippen LogP contribution in [0.15, 0.2) is 16.9 Å². The number of nitrogens with zero attached hydrogens (tertiary/aromatic N) is 3. The molecular formula is C16H27N3O3. The van der Waals surface area contributed by atoms with E-state index < -0.39 is 5.60 Å². The smallest absolute Gasteiger partial charge is 0.255 e. The number of carbonyl (C=O) groups is 1. The molecule has 1 unspecified atom stereocenters. The molecule has 0 bridgehead atoms. The molecule has 6 heteroatoms. The molecule has 1 atom stereocenters. The molecule has 0 spiro atoms. The van der Waals surface area contributed by atoms with Gasteiger partial charge in [0.05, 0.1) is 5.69 Å². The fraction of sp³-hybridized carbons (Fsp3) is 0.750. The lowest BCUT2D eigenvalue weighted by Crippen LogP contribution is -2.59. The summed E-state index contributed by atoms with van der Waals surface area (Å²) in [4.78, 5) is 16.4. The van der Waals surface area contributed by atoms with Gasteiger partial charge in [-0.2, -0.15) is 0 Å². The normalized spacial score (nSPS) is 23.4. The highest BCUT2D eigenvalue weighted by Crippen LogP contribution is 2.27. The molecule has 1 aliphatic rings. The first-order valence-electron chi connectivity index (χ1n) is 7.79. The molecule has 0 aromatic carbocycles. The Kier molecular flexibility index (Phi) is 4.92. The molecule has 0 saturated carbocycles. The first-order valence-corrected chi connectivity index (χ1v) is 7.79. The Morgan fingerprint density at radius 1 is 1.50 bits per heavy atom. The van der Waals surface area contributed by atoms with E-state index in [2.05, 4.69) is 25.9 Å². The second-order valence-corrected chi connectivity index (χ2v) is 7.59. The highest BCUT2D eigenvalue weighted by molar-refractivity contribution is 5.86. The van der Waals surface area contributed by atoms with Gasteiger partial charge in [0.15, 0.2) is 5.60 Å². The van der Waals surface area contributed by atoms with Crippen molar-refractivity contribution in [2.45, 2.75) is 45.8 Å². The Bertz CT molecular complexity index is 495. The Morgan fingerprint density at radius 2 is 2.23 bits per heavy atom. The van der Waals surface area contributed by atoms with Crippen LogP contribution in [-0.2, 0) is 11.3 Å². The van der Waals surface area contributed by atoms with E-state index >= 15 is 0 Å². The van der Waals surface area contributed by atoms with Crippen LogP contribution < -0.4 is 0 Å². The molecule has 1 saturated heterocycles. The third kappa shape index (κ3) is 4.30. The van der Waals surface area contributed by atoms with Crippen LogP contribution in [0.25, 0.3) is 0 Å². The average molecular weight is 309 g/mol. The molecule has 124 valence electrons. The summed E-state index contributed by atoms with van der Waals surface area (Å²) in [5, 5.41) is 14.7. The molecule has 1 amide bonds. The number of likely N-dealkylation sites (tertiary alicyclic amines) is 1. The molecule has 2 rings (SSSR count). The van der Waals surface area contributed by atoms with Gasteiger partial charge in [0.1, 0.15) is 6.26 Å². The van der Waals surface area contributed by atoms with Gasteiger partial charge in [0.2, 0.25) is 0 Å². The minimum Gasteiger partial charge on any atom is -0.379 e. The monoisotopic (exact) mass is 309 g/mol. The van der Waals surface area contributed by atoms with Gasteiger partial charge in [-0.1, -0.05) is 25.9 Å². The van der Waals surface area contributed by atoms with Crippen molar-refractivity contribution in [1.82, 2.24) is 15.0 Å². The molecule has 6 nitrogen and oxygen atoms in total. The van der Waals surface area contributed by atoms with Crippen LogP contribution in [0.4, 0.5) is 0 Å². The van der Waals surface area contributed by atoms with Crippen molar-refractivity contribution in [1.29, 1.82) is 0 Å². The number of aliphatic hydroxyl groups is 1. The molecule has 0 aliphatic carbocycles. The van der Waals surface area contributed by atoms with Crippen LogP contribution in [0, 0.1) is 5.41 Å². The second-order valence-electron chi connectivity index (χ2n) is 7.59. The minimum atomic E-state index is -1.30. The fourth-order valence-electron chi connectivity index (χ4n) is 3.03. The van der Waals surface area contributed by atoms with Crippen LogP contribution >= 0.6 is 0 Å². The summed E-state index contributed by atoms with van der Waals surface area (Å²) in [5.74, 6) is -0.152. The second kappa shape index (κ2) is 6.38. The van der Waals surface area contributed by atoms with Crippen molar-refractivity contribution in [3.05, 3.63) is 18.0 Å². The van der Waals surface area contributed by atoms with Gasteiger partial charge in [0.25, 0.3) is 5.91 Å². The number of amides is 1. The average Bonchev–Trinajstić information content (AvgIpc) is 2.86. The zero-order valence-electron chi connectivity index (χ0n) is 14.0. The number of hydrogen-bond acceptors (Lipinski definition) is 5. The lowest BCUT2D eigenvalue weighted by molar-refractivity contribution is -0.160. The molecule has 1 fully saturated rings. The minimum absolute atomic E-state index is 0.0283. The molecule has 1 N–H and O–H groups in total. The number of piperidine rings is 1. The maximum absolute atomic E-state index is 12.7. The summed E-state index contributed by atoms with van der Waals surface area (Å²) < 4.78 is 4.81. The van der Waals surface area contributed by atoms with E-state index in [0.717, 1.165) is 18.7 Å². The van der Waals surface area contributed by atoms with E-state index in [4.69, 9.17) is 4.52 Å². The standard InChI is InChI=1S/C16H27N3O3/c1-15(2,3)11-19-8-5-7-16(21,14(19)20)12-18(4)10-13-6-9-22-17-13/h6,9,21H,5,7-8,10-12H2,1-4H3. The van der Waals surface area contributed by atoms with Crippen molar-refractivity contribution in [3.8, 4) is 0 Å². The SMILES string of the molecule is CN(Cc1ccon1)CC1(O)CCCN(CC(C)(C)C)C1=O. The van der Waals surface area contributed by atoms with E-state index in [-0.39, 0.29) is 11.3 Å². The van der Waals surface area contributed by atoms with Crippen LogP contribution in [0.3, 0.4) is 0 Å². The zero-order chi connectivity index (χ0) is 16.4. The third-order valence-electron chi connectivity index (χ3n) is 3.82. The quantitative estimate of drug-likeness (QED) is 0.893. The molecule has 22 heavy (non-hydrogen) atoms. The van der Waals surface area contributed by atoms with Gasteiger partial charge in [-0.15, -0.1) is 0 Å². The first kappa shape index (κ1) is 17.0. The van der Waals surface area contributed by atoms with E-state index in [0.29, 0.717) is 26.1 Å². The first-order chi connectivity index (χ1) is 10.2. The van der Waals surface area contributed by atoms with E-state index in [1.54, 1.807) is 11.0 Å². The van der Waals surface area contributed by atoms with Gasteiger partial charge in [-0.25, -0.2) is 0 Å². The van der Waals surface area contributed by atoms with Crippen LogP contribution in [-0.4, -0.2) is 58.3 Å². The van der Waals surface area contributed by atoms with E-state index in [1.165, 1.54) is 6.26 Å². The van der Waals surface area contributed by atoms with E-state index in [9.17, 15) is 9.90 Å². The van der Waals surface area contributed by atoms with Crippen molar-refractivity contribution in [2.75, 3.05) is 26.7 Å². The van der Waals surface area contributed by atoms with Crippen molar-refractivity contribution in [3.63, 3.8) is 0 Å². The molecule has 1 aliphatic heterocycles. The summed E-state index contributed by atoms with van der Waals surface area (Å²) in [6, 6.07) is 1.79. The predicted molar refractivity (Wildman–Crippen MR) is 83.1 cm³/mol. The summed E-state index contributed by atoms with van der Waals surface area (Å²) in [6.45, 7) is 8.55. The largest absolute Gasteiger partial charge is 0.379 e. The Balaban J connectivity index is 1.99. The highest BCUT2D eigenvalue weighted by atomic mass is 16.5. The van der Waals surface area contributed by atoms with Gasteiger partial charge < -0.3 is 14.5 Å². The van der Waals surface area contributed by atoms with Crippen LogP contribution in [0.2, 0.25) is 0 Å². The number of likely N-dealkylation sites (N-methyl/N-ethyl adjacent to an activating group) is 1. The van der Waals surface area contributed by atoms with Gasteiger partial charge in [0, 0.05) is 32.2 Å². The fourth-order valence-corrected chi connectivity index (χ4v) is 3.03. The van der Waals surface area contributed by atoms with Gasteiger partial charge >= 0.3 is 0 Å². The molecular weight excluding hydrogens is 282 g/mol. The Hall–Kier alpha value is -1.40. The lowest BCUT2D eigenvalue weighted by Gasteiger charge is -2.42. The lowest BCUT2D eigenvalue weighted by atomic mass is 9.88. The van der Waals surface area contributed by atoms with Crippen LogP contribution in [0.1, 0.15) is 39.3 Å². The van der Waals surface area contributed by atoms with Crippen molar-refractivity contribution < 1.29 is 14.4 Å². The number of rotatable bonds is 5. The van der Waals surface area contributed by atoms with Gasteiger partial charge in [-0.3, -0.25) is 9.69 Å². The molecule has 0 radical (unpaired) electrons. The summed E-state index contributed by atoms with van der Waals surface area (Å²) in [5.41, 5.74) is -0.483. The maximum Gasteiger partial charge on any atom is 0.255 e. The van der Waals surface area contributed by atoms with Crippen molar-refractivity contribution >= 4 is 5.91 Å². The number of carbonyl (C=O) groups excluding carboxylic acids is 1. The van der Waals surface area contributed by atoms with E-state index in [1.807, 2.05) is 11.9 Å².